The maximum absolute atomic E-state index is 11.8. The molecule has 2 aromatic carbocycles. The zero-order valence-corrected chi connectivity index (χ0v) is 15.8. The molecule has 29 heavy (non-hydrogen) atoms. The summed E-state index contributed by atoms with van der Waals surface area (Å²) in [6.07, 6.45) is -0.125. The lowest BCUT2D eigenvalue weighted by Gasteiger charge is -2.09. The van der Waals surface area contributed by atoms with Gasteiger partial charge < -0.3 is 15.4 Å². The monoisotopic (exact) mass is 422 g/mol. The number of esters is 1. The first-order chi connectivity index (χ1) is 13.7. The Morgan fingerprint density at radius 3 is 2.55 bits per heavy atom. The molecule has 4 N–H and O–H groups in total. The number of rotatable bonds is 9. The number of carbonyl (C=O) groups excluding carboxylic acids is 2. The van der Waals surface area contributed by atoms with E-state index in [1.807, 2.05) is 0 Å². The van der Waals surface area contributed by atoms with Crippen molar-refractivity contribution >= 4 is 39.0 Å². The summed E-state index contributed by atoms with van der Waals surface area (Å²) in [7, 11) is -3.91. The highest BCUT2D eigenvalue weighted by molar-refractivity contribution is 7.89. The number of nitrogens with zero attached hydrogens (tertiary/aromatic N) is 1. The van der Waals surface area contributed by atoms with Crippen LogP contribution in [0.25, 0.3) is 0 Å². The van der Waals surface area contributed by atoms with Gasteiger partial charge in [-0.1, -0.05) is 18.2 Å². The molecule has 154 valence electrons. The van der Waals surface area contributed by atoms with Crippen molar-refractivity contribution in [1.82, 2.24) is 0 Å². The van der Waals surface area contributed by atoms with Gasteiger partial charge in [-0.3, -0.25) is 19.7 Å². The van der Waals surface area contributed by atoms with E-state index in [2.05, 4.69) is 10.6 Å². The van der Waals surface area contributed by atoms with Crippen LogP contribution in [0.5, 0.6) is 0 Å². The minimum absolute atomic E-state index is 0.0711. The number of primary sulfonamides is 1. The molecule has 0 bridgehead atoms. The second-order valence-corrected chi connectivity index (χ2v) is 7.29. The highest BCUT2D eigenvalue weighted by Gasteiger charge is 2.13. The van der Waals surface area contributed by atoms with Crippen LogP contribution in [0.4, 0.5) is 17.1 Å². The molecule has 0 saturated heterocycles. The van der Waals surface area contributed by atoms with Crippen molar-refractivity contribution in [3.63, 3.8) is 0 Å². The summed E-state index contributed by atoms with van der Waals surface area (Å²) in [6, 6.07) is 11.3. The lowest BCUT2D eigenvalue weighted by atomic mass is 10.2. The number of amides is 1. The molecule has 0 saturated carbocycles. The highest BCUT2D eigenvalue weighted by Crippen LogP contribution is 2.22. The van der Waals surface area contributed by atoms with Crippen LogP contribution in [0.15, 0.2) is 53.4 Å². The van der Waals surface area contributed by atoms with Crippen molar-refractivity contribution in [2.75, 3.05) is 23.8 Å². The zero-order valence-electron chi connectivity index (χ0n) is 15.0. The van der Waals surface area contributed by atoms with Crippen LogP contribution in [0.3, 0.4) is 0 Å². The fraction of sp³-hybridized carbons (Fsp3) is 0.176. The Hall–Kier alpha value is -3.51. The minimum Gasteiger partial charge on any atom is -0.456 e. The average molecular weight is 422 g/mol. The van der Waals surface area contributed by atoms with Crippen molar-refractivity contribution in [3.05, 3.63) is 58.6 Å². The Morgan fingerprint density at radius 2 is 1.86 bits per heavy atom. The Bertz CT molecular complexity index is 1020. The molecular formula is C17H18N4O7S. The maximum atomic E-state index is 11.8. The number of nitro groups is 1. The van der Waals surface area contributed by atoms with Gasteiger partial charge in [0.25, 0.3) is 11.6 Å². The number of nitrogens with one attached hydrogen (secondary N) is 2. The van der Waals surface area contributed by atoms with Gasteiger partial charge in [0.05, 0.1) is 16.2 Å². The summed E-state index contributed by atoms with van der Waals surface area (Å²) in [5, 5.41) is 21.1. The van der Waals surface area contributed by atoms with E-state index in [9.17, 15) is 28.1 Å². The molecule has 0 aromatic heterocycles. The molecule has 0 fully saturated rings. The van der Waals surface area contributed by atoms with E-state index in [4.69, 9.17) is 9.88 Å². The molecule has 0 spiro atoms. The number of carbonyl (C=O) groups is 2. The number of nitrogens with two attached hydrogens (primary N) is 1. The fourth-order valence-electron chi connectivity index (χ4n) is 2.25. The van der Waals surface area contributed by atoms with E-state index in [1.54, 1.807) is 6.07 Å². The van der Waals surface area contributed by atoms with Crippen molar-refractivity contribution in [2.24, 2.45) is 5.14 Å². The van der Waals surface area contributed by atoms with Crippen LogP contribution in [-0.4, -0.2) is 38.4 Å². The van der Waals surface area contributed by atoms with Crippen molar-refractivity contribution in [3.8, 4) is 0 Å². The first-order valence-electron chi connectivity index (χ1n) is 8.22. The van der Waals surface area contributed by atoms with E-state index < -0.39 is 33.4 Å². The summed E-state index contributed by atoms with van der Waals surface area (Å²) >= 11 is 0. The SMILES string of the molecule is NS(=O)(=O)c1cccc(NC(=O)COC(=O)CCNc2ccccc2[N+](=O)[O-])c1. The average Bonchev–Trinajstić information content (AvgIpc) is 2.66. The molecule has 2 rings (SSSR count). The molecule has 0 aliphatic carbocycles. The van der Waals surface area contributed by atoms with Gasteiger partial charge in [-0.05, 0) is 24.3 Å². The summed E-state index contributed by atoms with van der Waals surface area (Å²) in [5.74, 6) is -1.36. The Labute approximate surface area is 166 Å². The molecule has 0 unspecified atom stereocenters. The molecule has 0 atom stereocenters. The number of para-hydroxylation sites is 2. The zero-order chi connectivity index (χ0) is 21.4. The first kappa shape index (κ1) is 21.8. The molecule has 0 radical (unpaired) electrons. The van der Waals surface area contributed by atoms with Gasteiger partial charge in [-0.15, -0.1) is 0 Å². The van der Waals surface area contributed by atoms with Gasteiger partial charge in [0.15, 0.2) is 6.61 Å². The topological polar surface area (TPSA) is 171 Å². The van der Waals surface area contributed by atoms with E-state index in [0.29, 0.717) is 0 Å². The second-order valence-electron chi connectivity index (χ2n) is 5.73. The van der Waals surface area contributed by atoms with Crippen LogP contribution in [0.1, 0.15) is 6.42 Å². The summed E-state index contributed by atoms with van der Waals surface area (Å²) in [4.78, 5) is 33.7. The smallest absolute Gasteiger partial charge is 0.308 e. The molecule has 12 heteroatoms. The van der Waals surface area contributed by atoms with Crippen LogP contribution in [0.2, 0.25) is 0 Å². The predicted octanol–water partition coefficient (Wildman–Crippen LogP) is 1.23. The molecule has 0 aliphatic rings. The van der Waals surface area contributed by atoms with E-state index in [0.717, 1.165) is 0 Å². The molecule has 11 nitrogen and oxygen atoms in total. The molecule has 2 aromatic rings. The number of benzene rings is 2. The van der Waals surface area contributed by atoms with E-state index >= 15 is 0 Å². The van der Waals surface area contributed by atoms with Crippen molar-refractivity contribution in [2.45, 2.75) is 11.3 Å². The lowest BCUT2D eigenvalue weighted by molar-refractivity contribution is -0.384. The largest absolute Gasteiger partial charge is 0.456 e. The van der Waals surface area contributed by atoms with Crippen LogP contribution in [-0.2, 0) is 24.3 Å². The van der Waals surface area contributed by atoms with Gasteiger partial charge in [0.1, 0.15) is 5.69 Å². The van der Waals surface area contributed by atoms with Crippen molar-refractivity contribution in [1.29, 1.82) is 0 Å². The first-order valence-corrected chi connectivity index (χ1v) is 9.77. The Balaban J connectivity index is 1.78. The lowest BCUT2D eigenvalue weighted by Crippen LogP contribution is -2.22. The van der Waals surface area contributed by atoms with Gasteiger partial charge in [0, 0.05) is 18.3 Å². The van der Waals surface area contributed by atoms with Gasteiger partial charge in [-0.2, -0.15) is 0 Å². The van der Waals surface area contributed by atoms with E-state index in [1.165, 1.54) is 42.5 Å². The van der Waals surface area contributed by atoms with Crippen LogP contribution >= 0.6 is 0 Å². The van der Waals surface area contributed by atoms with Gasteiger partial charge in [-0.25, -0.2) is 13.6 Å². The molecular weight excluding hydrogens is 404 g/mol. The number of sulfonamides is 1. The standard InChI is InChI=1S/C17H18N4O7S/c18-29(26,27)13-5-3-4-12(10-13)20-16(22)11-28-17(23)8-9-19-14-6-1-2-7-15(14)21(24)25/h1-7,10,19H,8-9,11H2,(H,20,22)(H2,18,26,27). The quantitative estimate of drug-likeness (QED) is 0.307. The number of ether oxygens (including phenoxy) is 1. The summed E-state index contributed by atoms with van der Waals surface area (Å²) in [6.45, 7) is -0.508. The molecule has 1 amide bonds. The Kier molecular flexibility index (Phi) is 7.22. The third-order valence-electron chi connectivity index (χ3n) is 3.56. The van der Waals surface area contributed by atoms with Crippen LogP contribution < -0.4 is 15.8 Å². The van der Waals surface area contributed by atoms with E-state index in [-0.39, 0.29) is 34.9 Å². The van der Waals surface area contributed by atoms with Crippen molar-refractivity contribution < 1.29 is 27.7 Å². The third kappa shape index (κ3) is 6.86. The predicted molar refractivity (Wildman–Crippen MR) is 104 cm³/mol. The fourth-order valence-corrected chi connectivity index (χ4v) is 2.81. The third-order valence-corrected chi connectivity index (χ3v) is 4.47. The summed E-state index contributed by atoms with van der Waals surface area (Å²) in [5.41, 5.74) is 0.315. The maximum Gasteiger partial charge on any atom is 0.308 e. The molecule has 0 aliphatic heterocycles. The van der Waals surface area contributed by atoms with Gasteiger partial charge in [0.2, 0.25) is 10.0 Å². The normalized spacial score (nSPS) is 10.8. The number of hydrogen-bond acceptors (Lipinski definition) is 8. The number of anilines is 2. The Morgan fingerprint density at radius 1 is 1.14 bits per heavy atom. The highest BCUT2D eigenvalue weighted by atomic mass is 32.2. The molecule has 0 heterocycles. The number of nitro benzene ring substituents is 1. The van der Waals surface area contributed by atoms with Crippen LogP contribution in [0, 0.1) is 10.1 Å². The summed E-state index contributed by atoms with van der Waals surface area (Å²) < 4.78 is 27.4. The van der Waals surface area contributed by atoms with Gasteiger partial charge >= 0.3 is 5.97 Å². The number of hydrogen-bond donors (Lipinski definition) is 3. The second kappa shape index (κ2) is 9.61. The minimum atomic E-state index is -3.91.